The number of rotatable bonds is 2. The van der Waals surface area contributed by atoms with E-state index in [1.807, 2.05) is 0 Å². The molecule has 3 nitrogen and oxygen atoms in total. The molecule has 2 rings (SSSR count). The van der Waals surface area contributed by atoms with E-state index in [1.54, 1.807) is 0 Å². The van der Waals surface area contributed by atoms with E-state index in [4.69, 9.17) is 4.74 Å². The Kier molecular flexibility index (Phi) is 4.05. The number of hydrogen-bond donors (Lipinski definition) is 1. The molecule has 0 aromatic rings. The van der Waals surface area contributed by atoms with Crippen molar-refractivity contribution in [3.05, 3.63) is 0 Å². The topological polar surface area (TPSA) is 32.7 Å². The third-order valence-electron chi connectivity index (χ3n) is 4.64. The zero-order valence-corrected chi connectivity index (χ0v) is 12.4. The van der Waals surface area contributed by atoms with Crippen LogP contribution in [0.15, 0.2) is 0 Å². The molecule has 1 N–H and O–H groups in total. The van der Waals surface area contributed by atoms with Gasteiger partial charge in [0.25, 0.3) is 0 Å². The van der Waals surface area contributed by atoms with Crippen LogP contribution in [0.3, 0.4) is 0 Å². The number of aliphatic hydroxyl groups is 1. The molecule has 0 radical (unpaired) electrons. The molecule has 0 aromatic heterocycles. The molecule has 2 atom stereocenters. The van der Waals surface area contributed by atoms with E-state index < -0.39 is 0 Å². The monoisotopic (exact) mass is 255 g/mol. The number of morpholine rings is 1. The lowest BCUT2D eigenvalue weighted by atomic mass is 9.69. The summed E-state index contributed by atoms with van der Waals surface area (Å²) >= 11 is 0. The quantitative estimate of drug-likeness (QED) is 0.822. The molecule has 0 spiro atoms. The summed E-state index contributed by atoms with van der Waals surface area (Å²) in [5, 5.41) is 10.5. The molecule has 1 saturated carbocycles. The highest BCUT2D eigenvalue weighted by atomic mass is 16.5. The van der Waals surface area contributed by atoms with Crippen molar-refractivity contribution in [1.29, 1.82) is 0 Å². The van der Waals surface area contributed by atoms with E-state index in [0.29, 0.717) is 5.92 Å². The van der Waals surface area contributed by atoms with Crippen LogP contribution in [-0.4, -0.2) is 48.0 Å². The van der Waals surface area contributed by atoms with Gasteiger partial charge in [0.15, 0.2) is 0 Å². The Bertz CT molecular complexity index is 288. The first-order valence-electron chi connectivity index (χ1n) is 7.35. The molecule has 0 aromatic carbocycles. The number of aliphatic hydroxyl groups excluding tert-OH is 1. The van der Waals surface area contributed by atoms with Gasteiger partial charge in [0, 0.05) is 19.6 Å². The van der Waals surface area contributed by atoms with Crippen LogP contribution in [0.5, 0.6) is 0 Å². The highest BCUT2D eigenvalue weighted by molar-refractivity contribution is 4.90. The summed E-state index contributed by atoms with van der Waals surface area (Å²) < 4.78 is 5.75. The number of ether oxygens (including phenoxy) is 1. The van der Waals surface area contributed by atoms with Crippen LogP contribution < -0.4 is 0 Å². The maximum absolute atomic E-state index is 10.5. The summed E-state index contributed by atoms with van der Waals surface area (Å²) in [6.07, 6.45) is 3.42. The summed E-state index contributed by atoms with van der Waals surface area (Å²) in [6.45, 7) is 12.5. The van der Waals surface area contributed by atoms with Gasteiger partial charge in [-0.25, -0.2) is 0 Å². The average Bonchev–Trinajstić information content (AvgIpc) is 2.23. The Morgan fingerprint density at radius 2 is 2.00 bits per heavy atom. The van der Waals surface area contributed by atoms with Gasteiger partial charge < -0.3 is 9.84 Å². The molecule has 1 heterocycles. The lowest BCUT2D eigenvalue weighted by molar-refractivity contribution is -0.103. The Labute approximate surface area is 112 Å². The zero-order valence-electron chi connectivity index (χ0n) is 12.4. The highest BCUT2D eigenvalue weighted by Crippen LogP contribution is 2.39. The fourth-order valence-corrected chi connectivity index (χ4v) is 3.56. The standard InChI is InChI=1S/C15H29NO2/c1-14(2)7-5-6-12(13(14)17)10-16-8-9-18-15(3,4)11-16/h12-13,17H,5-11H2,1-4H3. The van der Waals surface area contributed by atoms with E-state index >= 15 is 0 Å². The molecule has 2 aliphatic rings. The van der Waals surface area contributed by atoms with Gasteiger partial charge in [0.2, 0.25) is 0 Å². The Morgan fingerprint density at radius 1 is 1.28 bits per heavy atom. The van der Waals surface area contributed by atoms with Gasteiger partial charge in [0.1, 0.15) is 0 Å². The first kappa shape index (κ1) is 14.3. The van der Waals surface area contributed by atoms with E-state index in [2.05, 4.69) is 32.6 Å². The minimum absolute atomic E-state index is 0.0343. The second kappa shape index (κ2) is 5.10. The first-order valence-corrected chi connectivity index (χ1v) is 7.35. The first-order chi connectivity index (χ1) is 8.30. The van der Waals surface area contributed by atoms with Crippen LogP contribution in [0.4, 0.5) is 0 Å². The van der Waals surface area contributed by atoms with Gasteiger partial charge in [-0.1, -0.05) is 20.3 Å². The van der Waals surface area contributed by atoms with Crippen molar-refractivity contribution in [3.63, 3.8) is 0 Å². The molecule has 3 heteroatoms. The van der Waals surface area contributed by atoms with E-state index in [9.17, 15) is 5.11 Å². The van der Waals surface area contributed by atoms with Crippen molar-refractivity contribution < 1.29 is 9.84 Å². The summed E-state index contributed by atoms with van der Waals surface area (Å²) in [6, 6.07) is 0. The molecule has 18 heavy (non-hydrogen) atoms. The van der Waals surface area contributed by atoms with Gasteiger partial charge >= 0.3 is 0 Å². The Morgan fingerprint density at radius 3 is 2.67 bits per heavy atom. The van der Waals surface area contributed by atoms with E-state index in [1.165, 1.54) is 12.8 Å². The predicted molar refractivity (Wildman–Crippen MR) is 73.6 cm³/mol. The second-order valence-corrected chi connectivity index (χ2v) is 7.43. The normalized spacial score (nSPS) is 36.5. The third kappa shape index (κ3) is 3.25. The molecular weight excluding hydrogens is 226 g/mol. The van der Waals surface area contributed by atoms with Crippen LogP contribution in [0.1, 0.15) is 47.0 Å². The van der Waals surface area contributed by atoms with Crippen LogP contribution in [0.25, 0.3) is 0 Å². The minimum Gasteiger partial charge on any atom is -0.392 e. The molecule has 0 bridgehead atoms. The van der Waals surface area contributed by atoms with Crippen LogP contribution in [-0.2, 0) is 4.74 Å². The summed E-state index contributed by atoms with van der Waals surface area (Å²) in [7, 11) is 0. The molecule has 2 unspecified atom stereocenters. The molecule has 1 saturated heterocycles. The van der Waals surface area contributed by atoms with Gasteiger partial charge in [0.05, 0.1) is 18.3 Å². The van der Waals surface area contributed by atoms with Crippen molar-refractivity contribution >= 4 is 0 Å². The number of nitrogens with zero attached hydrogens (tertiary/aromatic N) is 1. The third-order valence-corrected chi connectivity index (χ3v) is 4.64. The largest absolute Gasteiger partial charge is 0.392 e. The van der Waals surface area contributed by atoms with Crippen LogP contribution in [0, 0.1) is 11.3 Å². The average molecular weight is 255 g/mol. The van der Waals surface area contributed by atoms with Gasteiger partial charge in [-0.3, -0.25) is 4.90 Å². The lowest BCUT2D eigenvalue weighted by Crippen LogP contribution is -2.52. The van der Waals surface area contributed by atoms with Crippen molar-refractivity contribution in [1.82, 2.24) is 4.90 Å². The van der Waals surface area contributed by atoms with Crippen molar-refractivity contribution in [3.8, 4) is 0 Å². The summed E-state index contributed by atoms with van der Waals surface area (Å²) in [5.41, 5.74) is 0.0537. The van der Waals surface area contributed by atoms with Crippen molar-refractivity contribution in [2.45, 2.75) is 58.7 Å². The van der Waals surface area contributed by atoms with Crippen LogP contribution >= 0.6 is 0 Å². The fraction of sp³-hybridized carbons (Fsp3) is 1.00. The van der Waals surface area contributed by atoms with Gasteiger partial charge in [-0.2, -0.15) is 0 Å². The number of hydrogen-bond acceptors (Lipinski definition) is 3. The lowest BCUT2D eigenvalue weighted by Gasteiger charge is -2.45. The van der Waals surface area contributed by atoms with Gasteiger partial charge in [-0.05, 0) is 38.0 Å². The molecular formula is C15H29NO2. The van der Waals surface area contributed by atoms with Crippen molar-refractivity contribution in [2.75, 3.05) is 26.2 Å². The van der Waals surface area contributed by atoms with E-state index in [0.717, 1.165) is 32.7 Å². The minimum atomic E-state index is -0.155. The predicted octanol–water partition coefficient (Wildman–Crippen LogP) is 2.28. The summed E-state index contributed by atoms with van der Waals surface area (Å²) in [4.78, 5) is 2.47. The maximum atomic E-state index is 10.5. The van der Waals surface area contributed by atoms with E-state index in [-0.39, 0.29) is 17.1 Å². The second-order valence-electron chi connectivity index (χ2n) is 7.43. The Balaban J connectivity index is 1.92. The molecule has 1 aliphatic heterocycles. The summed E-state index contributed by atoms with van der Waals surface area (Å²) in [5.74, 6) is 0.433. The maximum Gasteiger partial charge on any atom is 0.0753 e. The SMILES string of the molecule is CC1(C)CN(CC2CCCC(C)(C)C2O)CCO1. The van der Waals surface area contributed by atoms with Gasteiger partial charge in [-0.15, -0.1) is 0 Å². The smallest absolute Gasteiger partial charge is 0.0753 e. The molecule has 106 valence electrons. The zero-order chi connectivity index (χ0) is 13.4. The Hall–Kier alpha value is -0.120. The molecule has 1 aliphatic carbocycles. The molecule has 0 amide bonds. The highest BCUT2D eigenvalue weighted by Gasteiger charge is 2.39. The fourth-order valence-electron chi connectivity index (χ4n) is 3.56. The van der Waals surface area contributed by atoms with Crippen molar-refractivity contribution in [2.24, 2.45) is 11.3 Å². The van der Waals surface area contributed by atoms with Crippen LogP contribution in [0.2, 0.25) is 0 Å². The molecule has 2 fully saturated rings.